The number of aryl methyl sites for hydroxylation is 4. The SMILES string of the molecule is CC[Si]1(CC)C(C2=NC(C3=[N+]=CC=C3)C=C2)=C(c2c(C)cc(/C(C)=c3\cccc\c3=C\N)cc2C)C(c2c(C)cc(C3=[N+]=Cc4ccccc43)cc2C)=C1c1ccc(-c2ccc[nH]2)[n-]1. The summed E-state index contributed by atoms with van der Waals surface area (Å²) in [7, 11) is -2.67. The maximum Gasteiger partial charge on any atom is 0.342 e. The van der Waals surface area contributed by atoms with Crippen LogP contribution in [0.15, 0.2) is 138 Å². The van der Waals surface area contributed by atoms with E-state index in [0.29, 0.717) is 0 Å². The van der Waals surface area contributed by atoms with Crippen LogP contribution in [0.1, 0.15) is 82.1 Å². The molecular weight excluding hydrogens is 797 g/mol. The lowest BCUT2D eigenvalue weighted by Crippen LogP contribution is -2.39. The Morgan fingerprint density at radius 2 is 1.47 bits per heavy atom. The van der Waals surface area contributed by atoms with Crippen molar-refractivity contribution >= 4 is 65.8 Å². The molecule has 0 saturated heterocycles. The first-order chi connectivity index (χ1) is 31.1. The third kappa shape index (κ3) is 6.51. The standard InChI is InChI=1S/C57H52N6Si/c1-8-64(9-2)56(49-24-22-47(62-49)45-20-14-26-59-45)53(51-34(3)28-41(29-35(51)4)38(7)43-18-12-10-16-39(43)32-58)54(57(64)50-25-23-48(63-50)46-21-15-27-60-46)52-36(5)30-42(31-37(52)6)55-44-19-13-11-17-40(44)33-61-55/h10-33,47H,8-9H2,1-7H3,(H2,58,62)/p+1. The third-order valence-corrected chi connectivity index (χ3v) is 19.2. The molecule has 4 aromatic carbocycles. The average molecular weight is 850 g/mol. The van der Waals surface area contributed by atoms with Crippen LogP contribution in [0.5, 0.6) is 0 Å². The molecule has 0 aliphatic carbocycles. The fraction of sp³-hybridized carbons (Fsp3) is 0.175. The van der Waals surface area contributed by atoms with Crippen molar-refractivity contribution in [3.8, 4) is 11.4 Å². The Bertz CT molecular complexity index is 3330. The Kier molecular flexibility index (Phi) is 10.3. The Hall–Kier alpha value is -7.27. The number of nitrogens with two attached hydrogens (primary N) is 1. The largest absolute Gasteiger partial charge is 0.656 e. The Labute approximate surface area is 376 Å². The third-order valence-electron chi connectivity index (χ3n) is 13.9. The number of hydrogen-bond donors (Lipinski definition) is 2. The van der Waals surface area contributed by atoms with Gasteiger partial charge in [0.1, 0.15) is 8.07 Å². The topological polar surface area (TPSA) is 96.5 Å². The summed E-state index contributed by atoms with van der Waals surface area (Å²) >= 11 is 0. The number of fused-ring (bicyclic) bond motifs is 1. The highest BCUT2D eigenvalue weighted by molar-refractivity contribution is 7.09. The summed E-state index contributed by atoms with van der Waals surface area (Å²) in [4.78, 5) is 14.6. The van der Waals surface area contributed by atoms with Crippen LogP contribution < -0.4 is 30.5 Å². The van der Waals surface area contributed by atoms with Gasteiger partial charge in [0.15, 0.2) is 6.04 Å². The maximum atomic E-state index is 6.17. The van der Waals surface area contributed by atoms with Gasteiger partial charge in [0.25, 0.3) is 6.21 Å². The minimum atomic E-state index is -2.67. The van der Waals surface area contributed by atoms with E-state index in [4.69, 9.17) is 25.0 Å². The van der Waals surface area contributed by atoms with Crippen LogP contribution in [0.3, 0.4) is 0 Å². The molecule has 0 radical (unpaired) electrons. The highest BCUT2D eigenvalue weighted by Crippen LogP contribution is 2.57. The molecule has 0 bridgehead atoms. The van der Waals surface area contributed by atoms with Gasteiger partial charge < -0.3 is 15.7 Å². The van der Waals surface area contributed by atoms with Gasteiger partial charge >= 0.3 is 17.6 Å². The van der Waals surface area contributed by atoms with Crippen LogP contribution in [0.2, 0.25) is 12.1 Å². The summed E-state index contributed by atoms with van der Waals surface area (Å²) in [6.07, 6.45) is 16.2. The van der Waals surface area contributed by atoms with Crippen molar-refractivity contribution < 1.29 is 0 Å². The lowest BCUT2D eigenvalue weighted by Gasteiger charge is -2.34. The van der Waals surface area contributed by atoms with Crippen molar-refractivity contribution in [2.24, 2.45) is 10.7 Å². The number of rotatable bonds is 10. The number of benzene rings is 4. The maximum absolute atomic E-state index is 6.17. The average Bonchev–Trinajstić information content (AvgIpc) is 4.17. The minimum absolute atomic E-state index is 0.140. The van der Waals surface area contributed by atoms with E-state index in [0.717, 1.165) is 67.9 Å². The van der Waals surface area contributed by atoms with Gasteiger partial charge in [-0.05, 0) is 154 Å². The number of aromatic nitrogens is 2. The molecule has 2 aromatic heterocycles. The number of nitrogens with one attached hydrogen (secondary N) is 1. The molecule has 10 rings (SSSR count). The molecular formula is C57H53N6Si+. The molecule has 1 unspecified atom stereocenters. The number of allylic oxidation sites excluding steroid dienone is 5. The molecule has 1 atom stereocenters. The summed E-state index contributed by atoms with van der Waals surface area (Å²) in [6.45, 7) is 16.2. The first-order valence-corrected chi connectivity index (χ1v) is 24.9. The summed E-state index contributed by atoms with van der Waals surface area (Å²) in [5, 5.41) is 4.95. The quantitative estimate of drug-likeness (QED) is 0.107. The fourth-order valence-electron chi connectivity index (χ4n) is 10.9. The molecule has 6 heterocycles. The van der Waals surface area contributed by atoms with E-state index in [-0.39, 0.29) is 6.04 Å². The lowest BCUT2D eigenvalue weighted by molar-refractivity contribution is 1.11. The second-order valence-corrected chi connectivity index (χ2v) is 22.1. The van der Waals surface area contributed by atoms with Gasteiger partial charge in [-0.15, -0.1) is 11.4 Å². The molecule has 0 spiro atoms. The molecule has 314 valence electrons. The first-order valence-electron chi connectivity index (χ1n) is 22.5. The first kappa shape index (κ1) is 40.8. The molecule has 64 heavy (non-hydrogen) atoms. The molecule has 0 fully saturated rings. The monoisotopic (exact) mass is 849 g/mol. The van der Waals surface area contributed by atoms with E-state index in [1.165, 1.54) is 71.6 Å². The zero-order valence-corrected chi connectivity index (χ0v) is 38.7. The van der Waals surface area contributed by atoms with Crippen LogP contribution in [-0.2, 0) is 0 Å². The molecule has 3 N–H and O–H groups in total. The lowest BCUT2D eigenvalue weighted by atomic mass is 9.81. The van der Waals surface area contributed by atoms with Gasteiger partial charge in [-0.2, -0.15) is 0 Å². The van der Waals surface area contributed by atoms with Crippen LogP contribution in [0.25, 0.3) is 39.5 Å². The number of nitrogens with zero attached hydrogens (tertiary/aromatic N) is 4. The summed E-state index contributed by atoms with van der Waals surface area (Å²) in [6, 6.07) is 36.8. The Morgan fingerprint density at radius 1 is 0.781 bits per heavy atom. The van der Waals surface area contributed by atoms with Crippen LogP contribution in [0, 0.1) is 27.7 Å². The Morgan fingerprint density at radius 3 is 2.16 bits per heavy atom. The van der Waals surface area contributed by atoms with E-state index in [1.54, 1.807) is 6.20 Å². The number of hydrogen-bond acceptors (Lipinski definition) is 2. The molecule has 6 aromatic rings. The predicted octanol–water partition coefficient (Wildman–Crippen LogP) is 8.60. The van der Waals surface area contributed by atoms with E-state index in [1.807, 2.05) is 36.8 Å². The molecule has 4 aliphatic heterocycles. The van der Waals surface area contributed by atoms with Gasteiger partial charge in [0.2, 0.25) is 0 Å². The van der Waals surface area contributed by atoms with E-state index in [2.05, 4.69) is 157 Å². The van der Waals surface area contributed by atoms with E-state index in [9.17, 15) is 0 Å². The molecule has 0 amide bonds. The predicted molar refractivity (Wildman–Crippen MR) is 274 cm³/mol. The van der Waals surface area contributed by atoms with Crippen molar-refractivity contribution in [2.45, 2.75) is 66.6 Å². The molecule has 0 saturated carbocycles. The molecule has 6 nitrogen and oxygen atoms in total. The van der Waals surface area contributed by atoms with Crippen LogP contribution in [-0.4, -0.2) is 48.7 Å². The second-order valence-electron chi connectivity index (χ2n) is 17.5. The van der Waals surface area contributed by atoms with E-state index >= 15 is 0 Å². The number of aliphatic imine (C=N–C) groups is 1. The molecule has 7 heteroatoms. The van der Waals surface area contributed by atoms with Crippen molar-refractivity contribution in [1.82, 2.24) is 19.3 Å². The van der Waals surface area contributed by atoms with Gasteiger partial charge in [0, 0.05) is 30.2 Å². The van der Waals surface area contributed by atoms with Crippen LogP contribution in [0.4, 0.5) is 0 Å². The van der Waals surface area contributed by atoms with Crippen LogP contribution >= 0.6 is 0 Å². The highest BCUT2D eigenvalue weighted by Gasteiger charge is 2.50. The minimum Gasteiger partial charge on any atom is -0.656 e. The summed E-state index contributed by atoms with van der Waals surface area (Å²) < 4.78 is 9.71. The smallest absolute Gasteiger partial charge is 0.342 e. The van der Waals surface area contributed by atoms with Gasteiger partial charge in [-0.3, -0.25) is 4.99 Å². The Balaban J connectivity index is 1.30. The summed E-state index contributed by atoms with van der Waals surface area (Å²) in [5.74, 6) is 0. The second kappa shape index (κ2) is 16.1. The van der Waals surface area contributed by atoms with Crippen molar-refractivity contribution in [3.05, 3.63) is 205 Å². The van der Waals surface area contributed by atoms with Gasteiger partial charge in [-0.1, -0.05) is 101 Å². The van der Waals surface area contributed by atoms with Crippen molar-refractivity contribution in [3.63, 3.8) is 0 Å². The van der Waals surface area contributed by atoms with Crippen molar-refractivity contribution in [1.29, 1.82) is 0 Å². The number of aromatic amines is 1. The highest BCUT2D eigenvalue weighted by atomic mass is 28.3. The summed E-state index contributed by atoms with van der Waals surface area (Å²) in [5.41, 5.74) is 28.1. The zero-order chi connectivity index (χ0) is 44.3. The fourth-order valence-corrected chi connectivity index (χ4v) is 15.8. The molecule has 4 aliphatic rings. The zero-order valence-electron chi connectivity index (χ0n) is 37.7. The van der Waals surface area contributed by atoms with Gasteiger partial charge in [0.05, 0.1) is 22.4 Å². The van der Waals surface area contributed by atoms with Gasteiger partial charge in [-0.25, -0.2) is 0 Å². The van der Waals surface area contributed by atoms with Crippen molar-refractivity contribution in [2.75, 3.05) is 0 Å². The van der Waals surface area contributed by atoms with E-state index < -0.39 is 8.07 Å². The normalized spacial score (nSPS) is 17.8. The number of H-pyrrole nitrogens is 1.